The summed E-state index contributed by atoms with van der Waals surface area (Å²) in [6.45, 7) is 0. The maximum absolute atomic E-state index is 12.1. The number of carbonyl (C=O) groups is 2. The molecule has 0 bridgehead atoms. The van der Waals surface area contributed by atoms with Crippen molar-refractivity contribution in [3.05, 3.63) is 75.8 Å². The molecule has 128 valence electrons. The van der Waals surface area contributed by atoms with Gasteiger partial charge in [-0.05, 0) is 17.7 Å². The molecule has 0 aliphatic rings. The minimum Gasteiger partial charge on any atom is -0.481 e. The number of carboxylic acids is 1. The normalized spacial score (nSPS) is 11.0. The van der Waals surface area contributed by atoms with Crippen LogP contribution in [0.3, 0.4) is 0 Å². The zero-order valence-corrected chi connectivity index (χ0v) is 13.1. The van der Waals surface area contributed by atoms with Crippen molar-refractivity contribution in [1.82, 2.24) is 5.43 Å². The van der Waals surface area contributed by atoms with Crippen molar-refractivity contribution in [2.75, 3.05) is 0 Å². The number of non-ortho nitro benzene ring substituents is 1. The SMILES string of the molecule is O=C(O)CC/C(=N\NC(=O)c1ccc([N+](=O)[O-])cc1)c1ccccc1. The van der Waals surface area contributed by atoms with Crippen LogP contribution in [0.1, 0.15) is 28.8 Å². The highest BCUT2D eigenvalue weighted by atomic mass is 16.6. The topological polar surface area (TPSA) is 122 Å². The number of nitro benzene ring substituents is 1. The highest BCUT2D eigenvalue weighted by Gasteiger charge is 2.11. The summed E-state index contributed by atoms with van der Waals surface area (Å²) in [4.78, 5) is 32.9. The molecule has 2 aromatic rings. The van der Waals surface area contributed by atoms with Gasteiger partial charge in [-0.3, -0.25) is 19.7 Å². The number of hydrogen-bond donors (Lipinski definition) is 2. The Kier molecular flexibility index (Phi) is 5.94. The lowest BCUT2D eigenvalue weighted by Gasteiger charge is -2.06. The number of aliphatic carboxylic acids is 1. The lowest BCUT2D eigenvalue weighted by Crippen LogP contribution is -2.20. The molecule has 8 heteroatoms. The van der Waals surface area contributed by atoms with E-state index in [9.17, 15) is 19.7 Å². The maximum atomic E-state index is 12.1. The van der Waals surface area contributed by atoms with E-state index in [1.807, 2.05) is 6.07 Å². The zero-order chi connectivity index (χ0) is 18.2. The second kappa shape index (κ2) is 8.34. The predicted octanol–water partition coefficient (Wildman–Crippen LogP) is 2.59. The number of carbonyl (C=O) groups excluding carboxylic acids is 1. The van der Waals surface area contributed by atoms with Crippen molar-refractivity contribution in [2.24, 2.45) is 5.10 Å². The van der Waals surface area contributed by atoms with E-state index in [0.29, 0.717) is 11.3 Å². The molecule has 2 N–H and O–H groups in total. The van der Waals surface area contributed by atoms with Gasteiger partial charge in [-0.1, -0.05) is 30.3 Å². The first-order valence-corrected chi connectivity index (χ1v) is 7.36. The average molecular weight is 341 g/mol. The van der Waals surface area contributed by atoms with Crippen molar-refractivity contribution >= 4 is 23.3 Å². The summed E-state index contributed by atoms with van der Waals surface area (Å²) < 4.78 is 0. The fourth-order valence-corrected chi connectivity index (χ4v) is 2.04. The first kappa shape index (κ1) is 17.8. The van der Waals surface area contributed by atoms with Crippen molar-refractivity contribution in [3.8, 4) is 0 Å². The van der Waals surface area contributed by atoms with Crippen LogP contribution in [0, 0.1) is 10.1 Å². The van der Waals surface area contributed by atoms with Crippen LogP contribution in [0.15, 0.2) is 59.7 Å². The standard InChI is InChI=1S/C17H15N3O5/c21-16(22)11-10-15(12-4-2-1-3-5-12)18-19-17(23)13-6-8-14(9-7-13)20(24)25/h1-9H,10-11H2,(H,19,23)(H,21,22)/b18-15+. The summed E-state index contributed by atoms with van der Waals surface area (Å²) in [6, 6.07) is 14.0. The molecule has 0 unspecified atom stereocenters. The number of hydrogen-bond acceptors (Lipinski definition) is 5. The van der Waals surface area contributed by atoms with E-state index in [-0.39, 0.29) is 24.1 Å². The Morgan fingerprint density at radius 2 is 1.64 bits per heavy atom. The Morgan fingerprint density at radius 1 is 1.00 bits per heavy atom. The smallest absolute Gasteiger partial charge is 0.303 e. The molecule has 2 rings (SSSR count). The lowest BCUT2D eigenvalue weighted by molar-refractivity contribution is -0.384. The Hall–Kier alpha value is -3.55. The molecule has 1 amide bonds. The molecule has 8 nitrogen and oxygen atoms in total. The molecule has 0 saturated carbocycles. The van der Waals surface area contributed by atoms with Gasteiger partial charge in [-0.15, -0.1) is 0 Å². The largest absolute Gasteiger partial charge is 0.481 e. The Morgan fingerprint density at radius 3 is 2.20 bits per heavy atom. The van der Waals surface area contributed by atoms with Gasteiger partial charge in [0, 0.05) is 24.1 Å². The minimum absolute atomic E-state index is 0.119. The summed E-state index contributed by atoms with van der Waals surface area (Å²) >= 11 is 0. The summed E-state index contributed by atoms with van der Waals surface area (Å²) in [7, 11) is 0. The summed E-state index contributed by atoms with van der Waals surface area (Å²) in [5, 5.41) is 23.5. The van der Waals surface area contributed by atoms with Gasteiger partial charge in [0.05, 0.1) is 17.1 Å². The molecule has 0 saturated heterocycles. The van der Waals surface area contributed by atoms with Crippen molar-refractivity contribution < 1.29 is 19.6 Å². The predicted molar refractivity (Wildman–Crippen MR) is 90.4 cm³/mol. The van der Waals surface area contributed by atoms with E-state index in [1.165, 1.54) is 24.3 Å². The van der Waals surface area contributed by atoms with E-state index >= 15 is 0 Å². The zero-order valence-electron chi connectivity index (χ0n) is 13.1. The van der Waals surface area contributed by atoms with Crippen LogP contribution in [0.5, 0.6) is 0 Å². The van der Waals surface area contributed by atoms with Crippen LogP contribution in [-0.4, -0.2) is 27.6 Å². The molecule has 2 aromatic carbocycles. The van der Waals surface area contributed by atoms with Crippen LogP contribution >= 0.6 is 0 Å². The Balaban J connectivity index is 2.14. The maximum Gasteiger partial charge on any atom is 0.303 e. The monoisotopic (exact) mass is 341 g/mol. The number of amides is 1. The number of nitro groups is 1. The summed E-state index contributed by atoms with van der Waals surface area (Å²) in [5.41, 5.74) is 3.58. The number of carboxylic acid groups (broad SMARTS) is 1. The summed E-state index contributed by atoms with van der Waals surface area (Å²) in [5.74, 6) is -1.51. The fourth-order valence-electron chi connectivity index (χ4n) is 2.04. The van der Waals surface area contributed by atoms with Gasteiger partial charge in [0.2, 0.25) is 0 Å². The van der Waals surface area contributed by atoms with Gasteiger partial charge in [0.1, 0.15) is 0 Å². The number of rotatable bonds is 7. The Bertz CT molecular complexity index is 801. The van der Waals surface area contributed by atoms with Gasteiger partial charge in [-0.25, -0.2) is 5.43 Å². The number of hydrazone groups is 1. The van der Waals surface area contributed by atoms with E-state index in [4.69, 9.17) is 5.11 Å². The van der Waals surface area contributed by atoms with Crippen LogP contribution in [0.4, 0.5) is 5.69 Å². The average Bonchev–Trinajstić information content (AvgIpc) is 2.62. The third-order valence-electron chi connectivity index (χ3n) is 3.32. The van der Waals surface area contributed by atoms with Crippen LogP contribution in [0.2, 0.25) is 0 Å². The van der Waals surface area contributed by atoms with Crippen LogP contribution in [-0.2, 0) is 4.79 Å². The van der Waals surface area contributed by atoms with Gasteiger partial charge in [0.25, 0.3) is 11.6 Å². The van der Waals surface area contributed by atoms with Crippen LogP contribution < -0.4 is 5.43 Å². The van der Waals surface area contributed by atoms with E-state index in [0.717, 1.165) is 0 Å². The molecule has 25 heavy (non-hydrogen) atoms. The molecule has 0 aliphatic heterocycles. The molecule has 0 atom stereocenters. The molecular weight excluding hydrogens is 326 g/mol. The van der Waals surface area contributed by atoms with Gasteiger partial charge < -0.3 is 5.11 Å². The molecule has 0 aromatic heterocycles. The van der Waals surface area contributed by atoms with Gasteiger partial charge >= 0.3 is 5.97 Å². The van der Waals surface area contributed by atoms with Crippen molar-refractivity contribution in [1.29, 1.82) is 0 Å². The number of benzene rings is 2. The molecule has 0 fully saturated rings. The van der Waals surface area contributed by atoms with E-state index < -0.39 is 16.8 Å². The first-order chi connectivity index (χ1) is 12.0. The van der Waals surface area contributed by atoms with E-state index in [1.54, 1.807) is 24.3 Å². The Labute approximate surface area is 142 Å². The third-order valence-corrected chi connectivity index (χ3v) is 3.32. The number of nitrogens with one attached hydrogen (secondary N) is 1. The quantitative estimate of drug-likeness (QED) is 0.455. The summed E-state index contributed by atoms with van der Waals surface area (Å²) in [6.07, 6.45) is 0.0288. The van der Waals surface area contributed by atoms with Gasteiger partial charge in [-0.2, -0.15) is 5.10 Å². The highest BCUT2D eigenvalue weighted by Crippen LogP contribution is 2.12. The lowest BCUT2D eigenvalue weighted by atomic mass is 10.1. The van der Waals surface area contributed by atoms with Crippen LogP contribution in [0.25, 0.3) is 0 Å². The second-order valence-corrected chi connectivity index (χ2v) is 5.06. The molecule has 0 heterocycles. The molecule has 0 spiro atoms. The third kappa shape index (κ3) is 5.24. The number of nitrogens with zero attached hydrogens (tertiary/aromatic N) is 2. The first-order valence-electron chi connectivity index (χ1n) is 7.36. The van der Waals surface area contributed by atoms with Crippen molar-refractivity contribution in [3.63, 3.8) is 0 Å². The van der Waals surface area contributed by atoms with Crippen molar-refractivity contribution in [2.45, 2.75) is 12.8 Å². The van der Waals surface area contributed by atoms with Gasteiger partial charge in [0.15, 0.2) is 0 Å². The molecule has 0 aliphatic carbocycles. The second-order valence-electron chi connectivity index (χ2n) is 5.06. The molecular formula is C17H15N3O5. The minimum atomic E-state index is -0.967. The fraction of sp³-hybridized carbons (Fsp3) is 0.118. The van der Waals surface area contributed by atoms with E-state index in [2.05, 4.69) is 10.5 Å². The molecule has 0 radical (unpaired) electrons. The highest BCUT2D eigenvalue weighted by molar-refractivity contribution is 6.03.